The Kier molecular flexibility index (Phi) is 7.03. The van der Waals surface area contributed by atoms with Crippen molar-refractivity contribution in [2.45, 2.75) is 0 Å². The summed E-state index contributed by atoms with van der Waals surface area (Å²) in [5, 5.41) is 1.98. The highest BCUT2D eigenvalue weighted by Gasteiger charge is 2.20. The Bertz CT molecular complexity index is 2880. The lowest BCUT2D eigenvalue weighted by Crippen LogP contribution is -2.00. The van der Waals surface area contributed by atoms with E-state index in [1.807, 2.05) is 109 Å². The van der Waals surface area contributed by atoms with Crippen molar-refractivity contribution in [3.63, 3.8) is 0 Å². The van der Waals surface area contributed by atoms with Crippen molar-refractivity contribution in [1.82, 2.24) is 19.9 Å². The number of hydrogen-bond acceptors (Lipinski definition) is 6. The molecule has 0 aliphatic rings. The molecule has 0 bridgehead atoms. The number of para-hydroxylation sites is 1. The molecule has 10 aromatic rings. The molecule has 0 unspecified atom stereocenters. The Morgan fingerprint density at radius 1 is 0.346 bits per heavy atom. The van der Waals surface area contributed by atoms with Crippen LogP contribution in [0.25, 0.3) is 101 Å². The Balaban J connectivity index is 1.11. The maximum atomic E-state index is 6.67. The first kappa shape index (κ1) is 29.7. The van der Waals surface area contributed by atoms with Gasteiger partial charge in [-0.15, -0.1) is 0 Å². The first-order valence-electron chi connectivity index (χ1n) is 17.1. The fourth-order valence-corrected chi connectivity index (χ4v) is 6.84. The molecule has 10 rings (SSSR count). The molecular weight excluding hydrogens is 641 g/mol. The maximum Gasteiger partial charge on any atom is 0.227 e. The number of hydrogen-bond donors (Lipinski definition) is 0. The van der Waals surface area contributed by atoms with E-state index in [4.69, 9.17) is 28.8 Å². The quantitative estimate of drug-likeness (QED) is 0.175. The molecule has 0 spiro atoms. The van der Waals surface area contributed by atoms with Crippen molar-refractivity contribution in [2.24, 2.45) is 0 Å². The van der Waals surface area contributed by atoms with Crippen LogP contribution < -0.4 is 0 Å². The Morgan fingerprint density at radius 2 is 0.904 bits per heavy atom. The number of furan rings is 1. The van der Waals surface area contributed by atoms with Gasteiger partial charge in [-0.2, -0.15) is 0 Å². The van der Waals surface area contributed by atoms with E-state index in [0.29, 0.717) is 28.9 Å². The summed E-state index contributed by atoms with van der Waals surface area (Å²) in [4.78, 5) is 19.8. The summed E-state index contributed by atoms with van der Waals surface area (Å²) >= 11 is 0. The van der Waals surface area contributed by atoms with E-state index >= 15 is 0 Å². The maximum absolute atomic E-state index is 6.67. The van der Waals surface area contributed by atoms with E-state index in [0.717, 1.165) is 72.0 Å². The van der Waals surface area contributed by atoms with Crippen molar-refractivity contribution in [3.05, 3.63) is 170 Å². The molecule has 0 amide bonds. The summed E-state index contributed by atoms with van der Waals surface area (Å²) < 4.78 is 12.9. The third-order valence-electron chi connectivity index (χ3n) is 9.40. The second kappa shape index (κ2) is 12.3. The van der Waals surface area contributed by atoms with E-state index in [1.54, 1.807) is 0 Å². The van der Waals surface area contributed by atoms with Crippen LogP contribution in [0.2, 0.25) is 0 Å². The van der Waals surface area contributed by atoms with Crippen LogP contribution in [-0.4, -0.2) is 19.9 Å². The summed E-state index contributed by atoms with van der Waals surface area (Å²) in [5.41, 5.74) is 10.9. The van der Waals surface area contributed by atoms with Gasteiger partial charge in [0.2, 0.25) is 5.89 Å². The lowest BCUT2D eigenvalue weighted by molar-refractivity contribution is 0.620. The van der Waals surface area contributed by atoms with Crippen LogP contribution in [0.4, 0.5) is 0 Å². The van der Waals surface area contributed by atoms with Gasteiger partial charge in [0.1, 0.15) is 16.7 Å². The monoisotopic (exact) mass is 668 g/mol. The molecule has 3 aromatic heterocycles. The highest BCUT2D eigenvalue weighted by atomic mass is 16.3. The van der Waals surface area contributed by atoms with Gasteiger partial charge < -0.3 is 8.83 Å². The van der Waals surface area contributed by atoms with Crippen molar-refractivity contribution in [2.75, 3.05) is 0 Å². The molecule has 0 radical (unpaired) electrons. The molecule has 52 heavy (non-hydrogen) atoms. The summed E-state index contributed by atoms with van der Waals surface area (Å²) in [6.45, 7) is 0. The molecule has 0 atom stereocenters. The second-order valence-corrected chi connectivity index (χ2v) is 12.6. The van der Waals surface area contributed by atoms with Crippen molar-refractivity contribution in [3.8, 4) is 67.9 Å². The van der Waals surface area contributed by atoms with Gasteiger partial charge in [0.05, 0.1) is 5.56 Å². The van der Waals surface area contributed by atoms with Gasteiger partial charge >= 0.3 is 0 Å². The average molecular weight is 669 g/mol. The highest BCUT2D eigenvalue weighted by Crippen LogP contribution is 2.41. The van der Waals surface area contributed by atoms with E-state index in [-0.39, 0.29) is 0 Å². The number of benzene rings is 7. The minimum absolute atomic E-state index is 0.540. The van der Waals surface area contributed by atoms with E-state index in [9.17, 15) is 0 Å². The van der Waals surface area contributed by atoms with Crippen LogP contribution in [0.5, 0.6) is 0 Å². The predicted octanol–water partition coefficient (Wildman–Crippen LogP) is 11.9. The van der Waals surface area contributed by atoms with Gasteiger partial charge in [-0.05, 0) is 58.7 Å². The minimum atomic E-state index is 0.540. The number of rotatable bonds is 6. The molecule has 0 N–H and O–H groups in total. The van der Waals surface area contributed by atoms with Crippen LogP contribution in [0.3, 0.4) is 0 Å². The summed E-state index contributed by atoms with van der Waals surface area (Å²) in [6, 6.07) is 57.1. The zero-order valence-electron chi connectivity index (χ0n) is 27.8. The first-order chi connectivity index (χ1) is 25.7. The summed E-state index contributed by atoms with van der Waals surface area (Å²) in [5.74, 6) is 2.33. The fourth-order valence-electron chi connectivity index (χ4n) is 6.84. The molecule has 3 heterocycles. The van der Waals surface area contributed by atoms with E-state index < -0.39 is 0 Å². The SMILES string of the molecule is c1ccc(-c2ccc(-c3nc(-c4ccccc4)nc(-c4cccc5c4oc4cccc(-c6ccc7nc(-c8ccccc8)oc7c6)c45)n3)cc2)cc1. The highest BCUT2D eigenvalue weighted by molar-refractivity contribution is 6.15. The third-order valence-corrected chi connectivity index (χ3v) is 9.40. The Hall–Kier alpha value is -7.18. The van der Waals surface area contributed by atoms with Gasteiger partial charge in [-0.3, -0.25) is 0 Å². The lowest BCUT2D eigenvalue weighted by atomic mass is 9.98. The smallest absolute Gasteiger partial charge is 0.227 e. The number of aromatic nitrogens is 4. The van der Waals surface area contributed by atoms with Crippen molar-refractivity contribution in [1.29, 1.82) is 0 Å². The third kappa shape index (κ3) is 5.22. The summed E-state index contributed by atoms with van der Waals surface area (Å²) in [6.07, 6.45) is 0. The zero-order chi connectivity index (χ0) is 34.4. The van der Waals surface area contributed by atoms with Crippen LogP contribution in [0.15, 0.2) is 179 Å². The largest absolute Gasteiger partial charge is 0.455 e. The van der Waals surface area contributed by atoms with Crippen molar-refractivity contribution < 1.29 is 8.83 Å². The zero-order valence-corrected chi connectivity index (χ0v) is 27.8. The Morgan fingerprint density at radius 3 is 1.63 bits per heavy atom. The molecule has 0 saturated carbocycles. The topological polar surface area (TPSA) is 77.8 Å². The molecule has 0 aliphatic carbocycles. The molecule has 0 aliphatic heterocycles. The van der Waals surface area contributed by atoms with E-state index in [1.165, 1.54) is 0 Å². The fraction of sp³-hybridized carbons (Fsp3) is 0. The molecular formula is C46H28N4O2. The van der Waals surface area contributed by atoms with Gasteiger partial charge in [0, 0.05) is 27.5 Å². The molecule has 6 heteroatoms. The average Bonchev–Trinajstić information content (AvgIpc) is 3.83. The second-order valence-electron chi connectivity index (χ2n) is 12.6. The van der Waals surface area contributed by atoms with Crippen LogP contribution in [0.1, 0.15) is 0 Å². The van der Waals surface area contributed by atoms with E-state index in [2.05, 4.69) is 60.7 Å². The van der Waals surface area contributed by atoms with Gasteiger partial charge in [-0.1, -0.05) is 133 Å². The molecule has 7 aromatic carbocycles. The standard InChI is InChI=1S/C46H28N4O2/c1-4-12-29(13-5-1)30-22-24-32(25-23-30)44-48-43(31-14-6-2-7-15-31)49-45(50-44)37-20-10-19-36-41-35(18-11-21-39(41)51-42(36)37)34-26-27-38-40(28-34)52-46(47-38)33-16-8-3-9-17-33/h1-28H. The van der Waals surface area contributed by atoms with Crippen LogP contribution in [0, 0.1) is 0 Å². The van der Waals surface area contributed by atoms with Gasteiger partial charge in [0.15, 0.2) is 23.1 Å². The number of oxazole rings is 1. The minimum Gasteiger partial charge on any atom is -0.455 e. The van der Waals surface area contributed by atoms with Gasteiger partial charge in [-0.25, -0.2) is 19.9 Å². The molecule has 0 fully saturated rings. The van der Waals surface area contributed by atoms with Crippen LogP contribution in [-0.2, 0) is 0 Å². The molecule has 244 valence electrons. The normalized spacial score (nSPS) is 11.5. The van der Waals surface area contributed by atoms with Gasteiger partial charge in [0.25, 0.3) is 0 Å². The predicted molar refractivity (Wildman–Crippen MR) is 207 cm³/mol. The lowest BCUT2D eigenvalue weighted by Gasteiger charge is -2.09. The number of nitrogens with zero attached hydrogens (tertiary/aromatic N) is 4. The van der Waals surface area contributed by atoms with Crippen LogP contribution >= 0.6 is 0 Å². The Labute approximate surface area is 298 Å². The molecule has 6 nitrogen and oxygen atoms in total. The van der Waals surface area contributed by atoms with Crippen molar-refractivity contribution >= 4 is 33.0 Å². The summed E-state index contributed by atoms with van der Waals surface area (Å²) in [7, 11) is 0. The molecule has 0 saturated heterocycles. The first-order valence-corrected chi connectivity index (χ1v) is 17.1. The number of fused-ring (bicyclic) bond motifs is 4.